The molecule has 1 N–H and O–H groups in total. The van der Waals surface area contributed by atoms with E-state index in [0.717, 1.165) is 16.3 Å². The Morgan fingerprint density at radius 2 is 2.10 bits per heavy atom. The van der Waals surface area contributed by atoms with Crippen LogP contribution in [0.5, 0.6) is 0 Å². The van der Waals surface area contributed by atoms with Crippen LogP contribution in [0.2, 0.25) is 0 Å². The van der Waals surface area contributed by atoms with Gasteiger partial charge in [-0.25, -0.2) is 14.8 Å². The molecule has 100 valence electrons. The van der Waals surface area contributed by atoms with Crippen molar-refractivity contribution in [3.05, 3.63) is 59.6 Å². The fourth-order valence-electron chi connectivity index (χ4n) is 1.84. The van der Waals surface area contributed by atoms with Crippen molar-refractivity contribution in [1.82, 2.24) is 14.5 Å². The standard InChI is InChI=1S/C14H11N3O2S/c18-14(19)12-7-17(9-15-12)6-11-8-20-13(16-11)10-4-2-1-3-5-10/h1-5,7-9H,6H2,(H,18,19). The lowest BCUT2D eigenvalue weighted by molar-refractivity contribution is 0.0691. The first-order valence-corrected chi connectivity index (χ1v) is 6.85. The number of hydrogen-bond donors (Lipinski definition) is 1. The molecule has 3 rings (SSSR count). The number of carboxylic acids is 1. The zero-order valence-electron chi connectivity index (χ0n) is 10.4. The third-order valence-corrected chi connectivity index (χ3v) is 3.71. The predicted octanol–water partition coefficient (Wildman–Crippen LogP) is 2.75. The van der Waals surface area contributed by atoms with E-state index in [1.807, 2.05) is 35.7 Å². The summed E-state index contributed by atoms with van der Waals surface area (Å²) in [4.78, 5) is 19.1. The number of nitrogens with zero attached hydrogens (tertiary/aromatic N) is 3. The molecule has 20 heavy (non-hydrogen) atoms. The van der Waals surface area contributed by atoms with Crippen LogP contribution in [0, 0.1) is 0 Å². The van der Waals surface area contributed by atoms with E-state index in [-0.39, 0.29) is 5.69 Å². The average molecular weight is 285 g/mol. The fourth-order valence-corrected chi connectivity index (χ4v) is 2.65. The third-order valence-electron chi connectivity index (χ3n) is 2.77. The van der Waals surface area contributed by atoms with Crippen molar-refractivity contribution < 1.29 is 9.90 Å². The summed E-state index contributed by atoms with van der Waals surface area (Å²) in [6.07, 6.45) is 3.01. The van der Waals surface area contributed by atoms with Crippen molar-refractivity contribution in [3.63, 3.8) is 0 Å². The van der Waals surface area contributed by atoms with Crippen molar-refractivity contribution in [2.75, 3.05) is 0 Å². The topological polar surface area (TPSA) is 68.0 Å². The van der Waals surface area contributed by atoms with E-state index in [9.17, 15) is 4.79 Å². The van der Waals surface area contributed by atoms with Crippen LogP contribution in [-0.4, -0.2) is 25.6 Å². The van der Waals surface area contributed by atoms with Gasteiger partial charge in [0.15, 0.2) is 5.69 Å². The van der Waals surface area contributed by atoms with Crippen LogP contribution < -0.4 is 0 Å². The average Bonchev–Trinajstić information content (AvgIpc) is 3.10. The van der Waals surface area contributed by atoms with Crippen LogP contribution in [0.4, 0.5) is 0 Å². The number of benzene rings is 1. The van der Waals surface area contributed by atoms with Gasteiger partial charge in [0, 0.05) is 17.1 Å². The molecule has 1 aromatic carbocycles. The summed E-state index contributed by atoms with van der Waals surface area (Å²) in [5.41, 5.74) is 2.02. The molecule has 5 nitrogen and oxygen atoms in total. The van der Waals surface area contributed by atoms with Crippen LogP contribution in [0.3, 0.4) is 0 Å². The lowest BCUT2D eigenvalue weighted by Crippen LogP contribution is -1.98. The zero-order valence-corrected chi connectivity index (χ0v) is 11.2. The quantitative estimate of drug-likeness (QED) is 0.800. The lowest BCUT2D eigenvalue weighted by Gasteiger charge is -1.97. The summed E-state index contributed by atoms with van der Waals surface area (Å²) in [6, 6.07) is 9.96. The maximum atomic E-state index is 10.8. The Kier molecular flexibility index (Phi) is 3.30. The summed E-state index contributed by atoms with van der Waals surface area (Å²) >= 11 is 1.57. The molecule has 0 radical (unpaired) electrons. The van der Waals surface area contributed by atoms with E-state index in [4.69, 9.17) is 5.11 Å². The molecule has 0 aliphatic heterocycles. The highest BCUT2D eigenvalue weighted by Crippen LogP contribution is 2.23. The summed E-state index contributed by atoms with van der Waals surface area (Å²) in [7, 11) is 0. The number of imidazole rings is 1. The van der Waals surface area contributed by atoms with Crippen molar-refractivity contribution in [2.45, 2.75) is 6.54 Å². The summed E-state index contributed by atoms with van der Waals surface area (Å²) in [5.74, 6) is -1.02. The second-order valence-corrected chi connectivity index (χ2v) is 5.10. The van der Waals surface area contributed by atoms with E-state index in [1.165, 1.54) is 12.5 Å². The van der Waals surface area contributed by atoms with Crippen molar-refractivity contribution in [1.29, 1.82) is 0 Å². The molecule has 6 heteroatoms. The number of aromatic carboxylic acids is 1. The SMILES string of the molecule is O=C(O)c1cn(Cc2csc(-c3ccccc3)n2)cn1. The molecule has 2 heterocycles. The van der Waals surface area contributed by atoms with Crippen LogP contribution >= 0.6 is 11.3 Å². The van der Waals surface area contributed by atoms with Gasteiger partial charge >= 0.3 is 5.97 Å². The maximum Gasteiger partial charge on any atom is 0.356 e. The van der Waals surface area contributed by atoms with Gasteiger partial charge in [0.05, 0.1) is 18.6 Å². The Bertz CT molecular complexity index is 734. The van der Waals surface area contributed by atoms with Gasteiger partial charge in [-0.05, 0) is 0 Å². The number of carbonyl (C=O) groups is 1. The fraction of sp³-hybridized carbons (Fsp3) is 0.0714. The Morgan fingerprint density at radius 3 is 2.80 bits per heavy atom. The van der Waals surface area contributed by atoms with Crippen LogP contribution in [-0.2, 0) is 6.54 Å². The molecule has 0 bridgehead atoms. The van der Waals surface area contributed by atoms with Gasteiger partial charge in [-0.15, -0.1) is 11.3 Å². The minimum Gasteiger partial charge on any atom is -0.476 e. The molecule has 0 aliphatic rings. The molecule has 0 unspecified atom stereocenters. The van der Waals surface area contributed by atoms with Crippen LogP contribution in [0.1, 0.15) is 16.2 Å². The molecule has 0 spiro atoms. The Morgan fingerprint density at radius 1 is 1.30 bits per heavy atom. The van der Waals surface area contributed by atoms with Gasteiger partial charge in [-0.2, -0.15) is 0 Å². The first kappa shape index (κ1) is 12.6. The van der Waals surface area contributed by atoms with E-state index in [0.29, 0.717) is 6.54 Å². The number of hydrogen-bond acceptors (Lipinski definition) is 4. The molecule has 2 aromatic heterocycles. The summed E-state index contributed by atoms with van der Waals surface area (Å²) in [6.45, 7) is 0.517. The van der Waals surface area contributed by atoms with Gasteiger partial charge in [0.25, 0.3) is 0 Å². The zero-order chi connectivity index (χ0) is 13.9. The highest BCUT2D eigenvalue weighted by Gasteiger charge is 2.08. The normalized spacial score (nSPS) is 10.6. The Labute approximate surface area is 119 Å². The number of thiazole rings is 1. The molecular weight excluding hydrogens is 274 g/mol. The maximum absolute atomic E-state index is 10.8. The highest BCUT2D eigenvalue weighted by molar-refractivity contribution is 7.13. The van der Waals surface area contributed by atoms with Crippen molar-refractivity contribution in [2.24, 2.45) is 0 Å². The lowest BCUT2D eigenvalue weighted by atomic mass is 10.2. The largest absolute Gasteiger partial charge is 0.476 e. The number of rotatable bonds is 4. The van der Waals surface area contributed by atoms with Crippen molar-refractivity contribution in [3.8, 4) is 10.6 Å². The minimum atomic E-state index is -1.02. The van der Waals surface area contributed by atoms with E-state index in [1.54, 1.807) is 15.9 Å². The number of carboxylic acid groups (broad SMARTS) is 1. The number of aromatic nitrogens is 3. The van der Waals surface area contributed by atoms with E-state index < -0.39 is 5.97 Å². The third kappa shape index (κ3) is 2.60. The molecule has 0 atom stereocenters. The molecule has 3 aromatic rings. The van der Waals surface area contributed by atoms with Gasteiger partial charge in [0.2, 0.25) is 0 Å². The minimum absolute atomic E-state index is 0.0449. The summed E-state index contributed by atoms with van der Waals surface area (Å²) < 4.78 is 1.72. The first-order valence-electron chi connectivity index (χ1n) is 5.97. The van der Waals surface area contributed by atoms with Crippen LogP contribution in [0.25, 0.3) is 10.6 Å². The second kappa shape index (κ2) is 5.26. The van der Waals surface area contributed by atoms with E-state index in [2.05, 4.69) is 9.97 Å². The highest BCUT2D eigenvalue weighted by atomic mass is 32.1. The predicted molar refractivity (Wildman–Crippen MR) is 75.8 cm³/mol. The van der Waals surface area contributed by atoms with Crippen molar-refractivity contribution >= 4 is 17.3 Å². The van der Waals surface area contributed by atoms with Gasteiger partial charge in [-0.1, -0.05) is 30.3 Å². The van der Waals surface area contributed by atoms with Gasteiger partial charge in [-0.3, -0.25) is 0 Å². The monoisotopic (exact) mass is 285 g/mol. The summed E-state index contributed by atoms with van der Waals surface area (Å²) in [5, 5.41) is 11.8. The molecule has 0 saturated carbocycles. The van der Waals surface area contributed by atoms with Crippen LogP contribution in [0.15, 0.2) is 48.2 Å². The van der Waals surface area contributed by atoms with Gasteiger partial charge < -0.3 is 9.67 Å². The molecule has 0 amide bonds. The Hall–Kier alpha value is -2.47. The first-order chi connectivity index (χ1) is 9.72. The molecule has 0 fully saturated rings. The second-order valence-electron chi connectivity index (χ2n) is 4.25. The van der Waals surface area contributed by atoms with Gasteiger partial charge in [0.1, 0.15) is 5.01 Å². The molecular formula is C14H11N3O2S. The Balaban J connectivity index is 1.78. The molecule has 0 aliphatic carbocycles. The smallest absolute Gasteiger partial charge is 0.356 e. The van der Waals surface area contributed by atoms with E-state index >= 15 is 0 Å². The molecule has 0 saturated heterocycles.